The van der Waals surface area contributed by atoms with Gasteiger partial charge >= 0.3 is 0 Å². The Hall–Kier alpha value is -3.47. The highest BCUT2D eigenvalue weighted by molar-refractivity contribution is 7.17. The molecular weight excluding hydrogens is 446 g/mol. The third-order valence-electron chi connectivity index (χ3n) is 7.01. The van der Waals surface area contributed by atoms with Gasteiger partial charge in [-0.1, -0.05) is 48.0 Å². The van der Waals surface area contributed by atoms with Crippen molar-refractivity contribution in [1.82, 2.24) is 0 Å². The van der Waals surface area contributed by atoms with E-state index in [0.717, 1.165) is 52.9 Å². The zero-order valence-electron chi connectivity index (χ0n) is 18.7. The van der Waals surface area contributed by atoms with Gasteiger partial charge < -0.3 is 0 Å². The predicted molar refractivity (Wildman–Crippen MR) is 129 cm³/mol. The molecule has 2 amide bonds. The van der Waals surface area contributed by atoms with Crippen molar-refractivity contribution in [2.45, 2.75) is 44.8 Å². The first-order valence-electron chi connectivity index (χ1n) is 11.6. The van der Waals surface area contributed by atoms with Crippen molar-refractivity contribution in [1.29, 1.82) is 5.26 Å². The number of benzene rings is 2. The first-order valence-corrected chi connectivity index (χ1v) is 12.4. The van der Waals surface area contributed by atoms with Crippen molar-refractivity contribution in [2.24, 2.45) is 5.92 Å². The van der Waals surface area contributed by atoms with E-state index < -0.39 is 18.1 Å². The van der Waals surface area contributed by atoms with Crippen LogP contribution in [0.4, 0.5) is 10.7 Å². The maximum Gasteiger partial charge on any atom is 0.267 e. The molecule has 170 valence electrons. The van der Waals surface area contributed by atoms with Crippen LogP contribution in [0.5, 0.6) is 0 Å². The number of thiophene rings is 1. The highest BCUT2D eigenvalue weighted by Gasteiger charge is 2.61. The number of carbonyl (C=O) groups is 2. The van der Waals surface area contributed by atoms with Gasteiger partial charge in [-0.05, 0) is 55.9 Å². The molecular formula is C27H23N3O3S. The van der Waals surface area contributed by atoms with Gasteiger partial charge in [0.05, 0.1) is 17.3 Å². The number of nitrogens with zero attached hydrogens (tertiary/aromatic N) is 3. The van der Waals surface area contributed by atoms with Crippen molar-refractivity contribution >= 4 is 33.8 Å². The number of hydrogen-bond acceptors (Lipinski definition) is 6. The highest BCUT2D eigenvalue weighted by atomic mass is 32.1. The van der Waals surface area contributed by atoms with Crippen molar-refractivity contribution in [3.63, 3.8) is 0 Å². The van der Waals surface area contributed by atoms with Crippen LogP contribution in [0.25, 0.3) is 0 Å². The van der Waals surface area contributed by atoms with E-state index in [1.54, 1.807) is 5.06 Å². The van der Waals surface area contributed by atoms with E-state index >= 15 is 0 Å². The first kappa shape index (κ1) is 21.1. The van der Waals surface area contributed by atoms with E-state index in [1.165, 1.54) is 16.2 Å². The fourth-order valence-electron chi connectivity index (χ4n) is 5.34. The molecule has 1 aromatic heterocycles. The molecule has 0 saturated carbocycles. The average Bonchev–Trinajstić information content (AvgIpc) is 3.50. The normalized spacial score (nSPS) is 23.7. The fourth-order valence-corrected chi connectivity index (χ4v) is 6.69. The number of imide groups is 1. The van der Waals surface area contributed by atoms with Gasteiger partial charge in [-0.2, -0.15) is 5.26 Å². The Morgan fingerprint density at radius 2 is 1.74 bits per heavy atom. The molecule has 2 aliphatic heterocycles. The van der Waals surface area contributed by atoms with Crippen LogP contribution in [0.2, 0.25) is 0 Å². The molecule has 1 aliphatic carbocycles. The monoisotopic (exact) mass is 469 g/mol. The minimum absolute atomic E-state index is 0.297. The molecule has 0 radical (unpaired) electrons. The van der Waals surface area contributed by atoms with E-state index in [0.29, 0.717) is 10.6 Å². The molecule has 34 heavy (non-hydrogen) atoms. The molecule has 3 heterocycles. The molecule has 6 nitrogen and oxygen atoms in total. The molecule has 6 rings (SSSR count). The van der Waals surface area contributed by atoms with Crippen molar-refractivity contribution < 1.29 is 14.4 Å². The summed E-state index contributed by atoms with van der Waals surface area (Å²) in [4.78, 5) is 36.1. The molecule has 3 aromatic rings. The number of fused-ring (bicyclic) bond motifs is 2. The lowest BCUT2D eigenvalue weighted by atomic mass is 9.90. The van der Waals surface area contributed by atoms with E-state index in [-0.39, 0.29) is 11.8 Å². The number of amides is 2. The Kier molecular flexibility index (Phi) is 5.01. The van der Waals surface area contributed by atoms with E-state index in [2.05, 4.69) is 6.07 Å². The Labute approximate surface area is 201 Å². The summed E-state index contributed by atoms with van der Waals surface area (Å²) in [5.41, 5.74) is 4.31. The van der Waals surface area contributed by atoms with Gasteiger partial charge in [0.15, 0.2) is 6.10 Å². The maximum atomic E-state index is 13.9. The SMILES string of the molecule is Cc1ccc([C@@H]2[C@@H]3C(=O)N(c4sc5c(c4C#N)CCCC5)C(=O)[C@@H]3ON2c2ccccc2)cc1. The van der Waals surface area contributed by atoms with Gasteiger partial charge in [0, 0.05) is 4.88 Å². The van der Waals surface area contributed by atoms with Gasteiger partial charge in [0.1, 0.15) is 17.0 Å². The lowest BCUT2D eigenvalue weighted by Gasteiger charge is -2.28. The minimum atomic E-state index is -0.926. The Bertz CT molecular complexity index is 1330. The summed E-state index contributed by atoms with van der Waals surface area (Å²) in [6, 6.07) is 19.4. The quantitative estimate of drug-likeness (QED) is 0.512. The van der Waals surface area contributed by atoms with Gasteiger partial charge in [-0.15, -0.1) is 11.3 Å². The van der Waals surface area contributed by atoms with Crippen molar-refractivity contribution in [3.8, 4) is 6.07 Å². The third kappa shape index (κ3) is 3.10. The van der Waals surface area contributed by atoms with Crippen LogP contribution in [0.1, 0.15) is 46.0 Å². The van der Waals surface area contributed by atoms with Crippen molar-refractivity contribution in [3.05, 3.63) is 81.7 Å². The standard InChI is InChI=1S/C27H23N3O3S/c1-16-11-13-17(14-12-16)23-22-24(33-30(23)18-7-3-2-4-8-18)26(32)29(25(22)31)27-20(15-28)19-9-5-6-10-21(19)34-27/h2-4,7-8,11-14,22-24H,5-6,9-10H2,1H3/t22-,23+,24+/m0/s1. The molecule has 2 aromatic carbocycles. The number of hydrogen-bond donors (Lipinski definition) is 0. The largest absolute Gasteiger partial charge is 0.273 e. The third-order valence-corrected chi connectivity index (χ3v) is 8.29. The molecule has 0 bridgehead atoms. The molecule has 0 spiro atoms. The second-order valence-corrected chi connectivity index (χ2v) is 10.2. The fraction of sp³-hybridized carbons (Fsp3) is 0.296. The summed E-state index contributed by atoms with van der Waals surface area (Å²) in [5, 5.41) is 12.1. The van der Waals surface area contributed by atoms with Crippen molar-refractivity contribution in [2.75, 3.05) is 9.96 Å². The summed E-state index contributed by atoms with van der Waals surface area (Å²) in [6.45, 7) is 2.01. The number of hydroxylamine groups is 1. The highest BCUT2D eigenvalue weighted by Crippen LogP contribution is 2.50. The van der Waals surface area contributed by atoms with Gasteiger partial charge in [-0.3, -0.25) is 14.4 Å². The summed E-state index contributed by atoms with van der Waals surface area (Å²) >= 11 is 1.42. The van der Waals surface area contributed by atoms with Crippen LogP contribution in [0.3, 0.4) is 0 Å². The first-order chi connectivity index (χ1) is 16.6. The van der Waals surface area contributed by atoms with Crippen LogP contribution < -0.4 is 9.96 Å². The smallest absolute Gasteiger partial charge is 0.267 e. The van der Waals surface area contributed by atoms with Crippen LogP contribution in [-0.4, -0.2) is 17.9 Å². The number of anilines is 2. The Morgan fingerprint density at radius 3 is 2.47 bits per heavy atom. The molecule has 3 aliphatic rings. The zero-order valence-corrected chi connectivity index (χ0v) is 19.5. The topological polar surface area (TPSA) is 73.6 Å². The number of rotatable bonds is 3. The average molecular weight is 470 g/mol. The summed E-state index contributed by atoms with van der Waals surface area (Å²) in [5.74, 6) is -1.38. The second-order valence-electron chi connectivity index (χ2n) is 9.08. The lowest BCUT2D eigenvalue weighted by molar-refractivity contribution is -0.126. The summed E-state index contributed by atoms with van der Waals surface area (Å²) in [6.07, 6.45) is 2.87. The Balaban J connectivity index is 1.44. The van der Waals surface area contributed by atoms with Crippen LogP contribution in [0, 0.1) is 24.2 Å². The molecule has 2 saturated heterocycles. The molecule has 7 heteroatoms. The lowest BCUT2D eigenvalue weighted by Crippen LogP contribution is -2.37. The summed E-state index contributed by atoms with van der Waals surface area (Å²) in [7, 11) is 0. The van der Waals surface area contributed by atoms with Crippen LogP contribution in [0.15, 0.2) is 54.6 Å². The number of aryl methyl sites for hydroxylation is 2. The number of nitriles is 1. The number of carbonyl (C=O) groups excluding carboxylic acids is 2. The second kappa shape index (κ2) is 8.08. The number of para-hydroxylation sites is 1. The molecule has 0 unspecified atom stereocenters. The summed E-state index contributed by atoms with van der Waals surface area (Å²) < 4.78 is 0. The van der Waals surface area contributed by atoms with Gasteiger partial charge in [0.25, 0.3) is 5.91 Å². The predicted octanol–water partition coefficient (Wildman–Crippen LogP) is 4.86. The van der Waals surface area contributed by atoms with Crippen LogP contribution >= 0.6 is 11.3 Å². The van der Waals surface area contributed by atoms with E-state index in [1.807, 2.05) is 61.5 Å². The Morgan fingerprint density at radius 1 is 1.00 bits per heavy atom. The molecule has 0 N–H and O–H groups in total. The van der Waals surface area contributed by atoms with E-state index in [9.17, 15) is 14.9 Å². The van der Waals surface area contributed by atoms with Crippen LogP contribution in [-0.2, 0) is 27.3 Å². The zero-order chi connectivity index (χ0) is 23.4. The van der Waals surface area contributed by atoms with E-state index in [4.69, 9.17) is 4.84 Å². The maximum absolute atomic E-state index is 13.9. The van der Waals surface area contributed by atoms with Gasteiger partial charge in [0.2, 0.25) is 5.91 Å². The molecule has 2 fully saturated rings. The molecule has 3 atom stereocenters. The van der Waals surface area contributed by atoms with Gasteiger partial charge in [-0.25, -0.2) is 9.96 Å². The minimum Gasteiger partial charge on any atom is -0.273 e.